The first-order chi connectivity index (χ1) is 10.5. The van der Waals surface area contributed by atoms with Crippen molar-refractivity contribution in [2.75, 3.05) is 17.8 Å². The lowest BCUT2D eigenvalue weighted by atomic mass is 10.1. The standard InChI is InChI=1S/C15H19ClN4OS/c1-10(2)5-6-21-13-4-3-11(7-12(13)16)8-18-20-15-19-14(17)9-22-15/h3-4,7-10H,5-6,17H2,1-2H3,(H,19,20). The van der Waals surface area contributed by atoms with Crippen LogP contribution in [0.5, 0.6) is 5.75 Å². The van der Waals surface area contributed by atoms with E-state index in [4.69, 9.17) is 22.1 Å². The van der Waals surface area contributed by atoms with Crippen LogP contribution in [0.2, 0.25) is 5.02 Å². The number of hydrazone groups is 1. The van der Waals surface area contributed by atoms with Gasteiger partial charge in [-0.05, 0) is 36.1 Å². The number of hydrogen-bond acceptors (Lipinski definition) is 6. The highest BCUT2D eigenvalue weighted by molar-refractivity contribution is 7.14. The number of nitrogens with one attached hydrogen (secondary N) is 1. The number of nitrogens with zero attached hydrogens (tertiary/aromatic N) is 2. The van der Waals surface area contributed by atoms with Crippen molar-refractivity contribution in [1.29, 1.82) is 0 Å². The Hall–Kier alpha value is -1.79. The largest absolute Gasteiger partial charge is 0.492 e. The monoisotopic (exact) mass is 338 g/mol. The molecule has 0 amide bonds. The molecule has 0 unspecified atom stereocenters. The summed E-state index contributed by atoms with van der Waals surface area (Å²) in [5.74, 6) is 1.78. The average Bonchev–Trinajstić information content (AvgIpc) is 2.86. The number of halogens is 1. The zero-order chi connectivity index (χ0) is 15.9. The number of benzene rings is 1. The zero-order valence-electron chi connectivity index (χ0n) is 12.5. The summed E-state index contributed by atoms with van der Waals surface area (Å²) < 4.78 is 5.66. The van der Waals surface area contributed by atoms with Gasteiger partial charge in [-0.25, -0.2) is 4.98 Å². The molecule has 0 spiro atoms. The van der Waals surface area contributed by atoms with Gasteiger partial charge in [0.1, 0.15) is 11.6 Å². The van der Waals surface area contributed by atoms with Crippen molar-refractivity contribution < 1.29 is 4.74 Å². The first kappa shape index (κ1) is 16.6. The summed E-state index contributed by atoms with van der Waals surface area (Å²) >= 11 is 7.60. The molecule has 0 aliphatic rings. The molecule has 0 saturated heterocycles. The lowest BCUT2D eigenvalue weighted by Crippen LogP contribution is -2.02. The normalized spacial score (nSPS) is 11.3. The molecule has 0 aliphatic heterocycles. The topological polar surface area (TPSA) is 72.5 Å². The van der Waals surface area contributed by atoms with Crippen LogP contribution < -0.4 is 15.9 Å². The van der Waals surface area contributed by atoms with Crippen LogP contribution in [0.1, 0.15) is 25.8 Å². The minimum Gasteiger partial charge on any atom is -0.492 e. The third-order valence-electron chi connectivity index (χ3n) is 2.80. The summed E-state index contributed by atoms with van der Waals surface area (Å²) in [6.45, 7) is 4.99. The minimum atomic E-state index is 0.480. The molecule has 118 valence electrons. The maximum absolute atomic E-state index is 6.21. The third-order valence-corrected chi connectivity index (χ3v) is 3.87. The van der Waals surface area contributed by atoms with Crippen LogP contribution in [0.3, 0.4) is 0 Å². The van der Waals surface area contributed by atoms with Gasteiger partial charge in [0.15, 0.2) is 0 Å². The third kappa shape index (κ3) is 5.20. The molecule has 1 heterocycles. The second-order valence-corrected chi connectivity index (χ2v) is 6.43. The molecule has 0 aliphatic carbocycles. The van der Waals surface area contributed by atoms with Crippen LogP contribution in [0, 0.1) is 5.92 Å². The molecule has 1 aromatic heterocycles. The number of nitrogens with two attached hydrogens (primary N) is 1. The van der Waals surface area contributed by atoms with Crippen molar-refractivity contribution in [2.24, 2.45) is 11.0 Å². The molecular weight excluding hydrogens is 320 g/mol. The van der Waals surface area contributed by atoms with E-state index in [1.165, 1.54) is 11.3 Å². The lowest BCUT2D eigenvalue weighted by molar-refractivity contribution is 0.289. The highest BCUT2D eigenvalue weighted by Crippen LogP contribution is 2.25. The van der Waals surface area contributed by atoms with Crippen LogP contribution >= 0.6 is 22.9 Å². The van der Waals surface area contributed by atoms with E-state index in [0.29, 0.717) is 34.2 Å². The molecule has 5 nitrogen and oxygen atoms in total. The first-order valence-corrected chi connectivity index (χ1v) is 8.23. The van der Waals surface area contributed by atoms with Gasteiger partial charge in [-0.3, -0.25) is 5.43 Å². The second-order valence-electron chi connectivity index (χ2n) is 5.17. The Balaban J connectivity index is 1.91. The lowest BCUT2D eigenvalue weighted by Gasteiger charge is -2.09. The van der Waals surface area contributed by atoms with Gasteiger partial charge < -0.3 is 10.5 Å². The van der Waals surface area contributed by atoms with E-state index in [9.17, 15) is 0 Å². The summed E-state index contributed by atoms with van der Waals surface area (Å²) in [6, 6.07) is 5.57. The van der Waals surface area contributed by atoms with Crippen molar-refractivity contribution >= 4 is 40.1 Å². The number of ether oxygens (including phenoxy) is 1. The Bertz CT molecular complexity index is 642. The van der Waals surface area contributed by atoms with E-state index < -0.39 is 0 Å². The summed E-state index contributed by atoms with van der Waals surface area (Å²) in [5.41, 5.74) is 9.22. The van der Waals surface area contributed by atoms with Gasteiger partial charge in [-0.2, -0.15) is 5.10 Å². The number of aromatic nitrogens is 1. The fraction of sp³-hybridized carbons (Fsp3) is 0.333. The minimum absolute atomic E-state index is 0.480. The molecule has 2 rings (SSSR count). The van der Waals surface area contributed by atoms with Crippen molar-refractivity contribution in [3.8, 4) is 5.75 Å². The highest BCUT2D eigenvalue weighted by Gasteiger charge is 2.03. The Labute approximate surface area is 139 Å². The van der Waals surface area contributed by atoms with Gasteiger partial charge >= 0.3 is 0 Å². The van der Waals surface area contributed by atoms with Crippen molar-refractivity contribution in [1.82, 2.24) is 4.98 Å². The Kier molecular flexibility index (Phi) is 6.03. The maximum Gasteiger partial charge on any atom is 0.205 e. The number of nitrogen functional groups attached to an aromatic ring is 1. The van der Waals surface area contributed by atoms with Gasteiger partial charge in [0.2, 0.25) is 5.13 Å². The second kappa shape index (κ2) is 8.00. The van der Waals surface area contributed by atoms with E-state index in [-0.39, 0.29) is 0 Å². The van der Waals surface area contributed by atoms with Crippen molar-refractivity contribution in [3.63, 3.8) is 0 Å². The van der Waals surface area contributed by atoms with Gasteiger partial charge in [0.25, 0.3) is 0 Å². The van der Waals surface area contributed by atoms with Gasteiger partial charge in [0, 0.05) is 5.38 Å². The van der Waals surface area contributed by atoms with Crippen LogP contribution in [0.4, 0.5) is 10.9 Å². The summed E-state index contributed by atoms with van der Waals surface area (Å²) in [4.78, 5) is 4.05. The molecular formula is C15H19ClN4OS. The van der Waals surface area contributed by atoms with Crippen LogP contribution in [0.25, 0.3) is 0 Å². The van der Waals surface area contributed by atoms with E-state index in [1.807, 2.05) is 18.2 Å². The molecule has 0 bridgehead atoms. The van der Waals surface area contributed by atoms with E-state index in [0.717, 1.165) is 12.0 Å². The maximum atomic E-state index is 6.21. The van der Waals surface area contributed by atoms with Gasteiger partial charge in [-0.1, -0.05) is 25.4 Å². The van der Waals surface area contributed by atoms with Crippen LogP contribution in [-0.4, -0.2) is 17.8 Å². The molecule has 0 saturated carbocycles. The molecule has 7 heteroatoms. The number of anilines is 2. The van der Waals surface area contributed by atoms with Crippen LogP contribution in [-0.2, 0) is 0 Å². The van der Waals surface area contributed by atoms with Gasteiger partial charge in [0.05, 0.1) is 17.8 Å². The summed E-state index contributed by atoms with van der Waals surface area (Å²) in [5, 5.41) is 7.07. The fourth-order valence-electron chi connectivity index (χ4n) is 1.62. The first-order valence-electron chi connectivity index (χ1n) is 6.97. The van der Waals surface area contributed by atoms with Crippen molar-refractivity contribution in [3.05, 3.63) is 34.2 Å². The number of rotatable bonds is 7. The number of hydrogen-bond donors (Lipinski definition) is 2. The van der Waals surface area contributed by atoms with Crippen LogP contribution in [0.15, 0.2) is 28.7 Å². The van der Waals surface area contributed by atoms with Crippen molar-refractivity contribution in [2.45, 2.75) is 20.3 Å². The Morgan fingerprint density at radius 3 is 2.95 bits per heavy atom. The average molecular weight is 339 g/mol. The predicted molar refractivity (Wildman–Crippen MR) is 94.1 cm³/mol. The molecule has 2 aromatic rings. The fourth-order valence-corrected chi connectivity index (χ4v) is 2.41. The molecule has 22 heavy (non-hydrogen) atoms. The Morgan fingerprint density at radius 2 is 2.32 bits per heavy atom. The smallest absolute Gasteiger partial charge is 0.205 e. The number of thiazole rings is 1. The molecule has 0 fully saturated rings. The zero-order valence-corrected chi connectivity index (χ0v) is 14.1. The SMILES string of the molecule is CC(C)CCOc1ccc(C=NNc2nc(N)cs2)cc1Cl. The molecule has 1 aromatic carbocycles. The predicted octanol–water partition coefficient (Wildman–Crippen LogP) is 4.25. The quantitative estimate of drug-likeness (QED) is 0.584. The van der Waals surface area contributed by atoms with Gasteiger partial charge in [-0.15, -0.1) is 11.3 Å². The molecule has 0 radical (unpaired) electrons. The van der Waals surface area contributed by atoms with E-state index >= 15 is 0 Å². The summed E-state index contributed by atoms with van der Waals surface area (Å²) in [6.07, 6.45) is 2.67. The summed E-state index contributed by atoms with van der Waals surface area (Å²) in [7, 11) is 0. The Morgan fingerprint density at radius 1 is 1.50 bits per heavy atom. The molecule has 0 atom stereocenters. The van der Waals surface area contributed by atoms with E-state index in [2.05, 4.69) is 29.4 Å². The molecule has 3 N–H and O–H groups in total. The highest BCUT2D eigenvalue weighted by atomic mass is 35.5. The van der Waals surface area contributed by atoms with E-state index in [1.54, 1.807) is 11.6 Å².